The Labute approximate surface area is 127 Å². The van der Waals surface area contributed by atoms with Crippen molar-refractivity contribution >= 4 is 10.0 Å². The quantitative estimate of drug-likeness (QED) is 0.607. The number of nitrogens with one attached hydrogen (secondary N) is 2. The van der Waals surface area contributed by atoms with E-state index >= 15 is 0 Å². The van der Waals surface area contributed by atoms with Crippen LogP contribution < -0.4 is 10.0 Å². The van der Waals surface area contributed by atoms with E-state index in [4.69, 9.17) is 9.15 Å². The molecule has 0 amide bonds. The summed E-state index contributed by atoms with van der Waals surface area (Å²) in [5, 5.41) is 3.07. The fraction of sp³-hybridized carbons (Fsp3) is 0.714. The van der Waals surface area contributed by atoms with E-state index in [1.54, 1.807) is 13.2 Å². The molecule has 1 heterocycles. The molecule has 0 aliphatic rings. The number of hydrogen-bond donors (Lipinski definition) is 2. The van der Waals surface area contributed by atoms with Gasteiger partial charge in [0.25, 0.3) is 10.0 Å². The third kappa shape index (κ3) is 6.17. The van der Waals surface area contributed by atoms with Gasteiger partial charge in [0, 0.05) is 20.2 Å². The Morgan fingerprint density at radius 3 is 2.62 bits per heavy atom. The molecule has 21 heavy (non-hydrogen) atoms. The summed E-state index contributed by atoms with van der Waals surface area (Å²) in [4.78, 5) is 0. The van der Waals surface area contributed by atoms with Crippen molar-refractivity contribution in [3.63, 3.8) is 0 Å². The zero-order valence-electron chi connectivity index (χ0n) is 13.0. The normalized spacial score (nSPS) is 12.2. The summed E-state index contributed by atoms with van der Waals surface area (Å²) < 4.78 is 37.1. The minimum absolute atomic E-state index is 0.0306. The molecule has 0 unspecified atom stereocenters. The van der Waals surface area contributed by atoms with Crippen LogP contribution in [0.5, 0.6) is 0 Å². The van der Waals surface area contributed by atoms with Crippen molar-refractivity contribution in [3.05, 3.63) is 17.9 Å². The molecule has 0 radical (unpaired) electrons. The first-order valence-electron chi connectivity index (χ1n) is 7.31. The molecule has 1 aromatic rings. The fourth-order valence-electron chi connectivity index (χ4n) is 1.86. The molecule has 0 aromatic carbocycles. The molecule has 0 atom stereocenters. The number of rotatable bonds is 11. The van der Waals surface area contributed by atoms with E-state index in [1.165, 1.54) is 6.07 Å². The first-order chi connectivity index (χ1) is 10.0. The van der Waals surface area contributed by atoms with Crippen LogP contribution in [0.2, 0.25) is 0 Å². The standard InChI is InChI=1S/C14H26N2O4S/c1-4-12(5-2)10-16-21(17,18)14-7-6-13(20-14)11-15-8-9-19-3/h6-7,12,15-16H,4-5,8-11H2,1-3H3. The molecule has 2 N–H and O–H groups in total. The van der Waals surface area contributed by atoms with Gasteiger partial charge in [-0.3, -0.25) is 0 Å². The van der Waals surface area contributed by atoms with Gasteiger partial charge in [0.05, 0.1) is 13.2 Å². The summed E-state index contributed by atoms with van der Waals surface area (Å²) in [6.07, 6.45) is 1.90. The van der Waals surface area contributed by atoms with Gasteiger partial charge in [-0.05, 0) is 18.1 Å². The number of methoxy groups -OCH3 is 1. The summed E-state index contributed by atoms with van der Waals surface area (Å²) in [6, 6.07) is 3.16. The third-order valence-electron chi connectivity index (χ3n) is 3.40. The van der Waals surface area contributed by atoms with Crippen molar-refractivity contribution in [3.8, 4) is 0 Å². The van der Waals surface area contributed by atoms with Crippen LogP contribution >= 0.6 is 0 Å². The molecule has 122 valence electrons. The molecule has 0 fully saturated rings. The van der Waals surface area contributed by atoms with Gasteiger partial charge in [0.15, 0.2) is 0 Å². The van der Waals surface area contributed by atoms with Crippen molar-refractivity contribution in [2.75, 3.05) is 26.8 Å². The van der Waals surface area contributed by atoms with E-state index in [1.807, 2.05) is 0 Å². The Hall–Kier alpha value is -0.890. The number of furan rings is 1. The van der Waals surface area contributed by atoms with Crippen LogP contribution in [0.1, 0.15) is 32.4 Å². The Balaban J connectivity index is 2.53. The fourth-order valence-corrected chi connectivity index (χ4v) is 2.92. The van der Waals surface area contributed by atoms with Crippen molar-refractivity contribution in [2.24, 2.45) is 5.92 Å². The van der Waals surface area contributed by atoms with Crippen LogP contribution in [-0.4, -0.2) is 35.2 Å². The highest BCUT2D eigenvalue weighted by Gasteiger charge is 2.19. The summed E-state index contributed by atoms with van der Waals surface area (Å²) in [7, 11) is -1.93. The lowest BCUT2D eigenvalue weighted by molar-refractivity contribution is 0.198. The molecule has 1 aromatic heterocycles. The monoisotopic (exact) mass is 318 g/mol. The second-order valence-corrected chi connectivity index (χ2v) is 6.62. The number of ether oxygens (including phenoxy) is 1. The van der Waals surface area contributed by atoms with Gasteiger partial charge in [-0.25, -0.2) is 13.1 Å². The Morgan fingerprint density at radius 1 is 1.29 bits per heavy atom. The topological polar surface area (TPSA) is 80.6 Å². The lowest BCUT2D eigenvalue weighted by atomic mass is 10.0. The minimum Gasteiger partial charge on any atom is -0.447 e. The summed E-state index contributed by atoms with van der Waals surface area (Å²) >= 11 is 0. The maximum atomic E-state index is 12.1. The van der Waals surface area contributed by atoms with E-state index in [0.717, 1.165) is 12.8 Å². The highest BCUT2D eigenvalue weighted by molar-refractivity contribution is 7.89. The maximum absolute atomic E-state index is 12.1. The van der Waals surface area contributed by atoms with Crippen molar-refractivity contribution in [1.29, 1.82) is 0 Å². The average molecular weight is 318 g/mol. The zero-order chi connectivity index (χ0) is 15.7. The molecule has 6 nitrogen and oxygen atoms in total. The van der Waals surface area contributed by atoms with Crippen LogP contribution in [-0.2, 0) is 21.3 Å². The molecule has 0 saturated carbocycles. The van der Waals surface area contributed by atoms with E-state index in [2.05, 4.69) is 23.9 Å². The minimum atomic E-state index is -3.56. The smallest absolute Gasteiger partial charge is 0.273 e. The van der Waals surface area contributed by atoms with Gasteiger partial charge in [-0.15, -0.1) is 0 Å². The average Bonchev–Trinajstić information content (AvgIpc) is 2.94. The van der Waals surface area contributed by atoms with Crippen molar-refractivity contribution in [2.45, 2.75) is 38.3 Å². The third-order valence-corrected chi connectivity index (χ3v) is 4.70. The predicted octanol–water partition coefficient (Wildman–Crippen LogP) is 1.73. The highest BCUT2D eigenvalue weighted by Crippen LogP contribution is 2.15. The second kappa shape index (κ2) is 9.19. The predicted molar refractivity (Wildman–Crippen MR) is 81.6 cm³/mol. The van der Waals surface area contributed by atoms with Crippen LogP contribution in [0.25, 0.3) is 0 Å². The van der Waals surface area contributed by atoms with Crippen LogP contribution in [0, 0.1) is 5.92 Å². The van der Waals surface area contributed by atoms with Crippen LogP contribution in [0.4, 0.5) is 0 Å². The summed E-state index contributed by atoms with van der Waals surface area (Å²) in [5.74, 6) is 0.943. The molecular weight excluding hydrogens is 292 g/mol. The van der Waals surface area contributed by atoms with E-state index in [9.17, 15) is 8.42 Å². The molecule has 1 rings (SSSR count). The number of sulfonamides is 1. The van der Waals surface area contributed by atoms with Gasteiger partial charge in [-0.2, -0.15) is 0 Å². The molecule has 0 bridgehead atoms. The zero-order valence-corrected chi connectivity index (χ0v) is 13.8. The van der Waals surface area contributed by atoms with E-state index < -0.39 is 10.0 Å². The van der Waals surface area contributed by atoms with E-state index in [-0.39, 0.29) is 5.09 Å². The van der Waals surface area contributed by atoms with Crippen LogP contribution in [0.3, 0.4) is 0 Å². The molecule has 0 aliphatic heterocycles. The number of hydrogen-bond acceptors (Lipinski definition) is 5. The Kier molecular flexibility index (Phi) is 7.95. The summed E-state index contributed by atoms with van der Waals surface area (Å²) in [6.45, 7) is 6.32. The Bertz CT molecular complexity index is 495. The van der Waals surface area contributed by atoms with Gasteiger partial charge in [-0.1, -0.05) is 26.7 Å². The lowest BCUT2D eigenvalue weighted by Crippen LogP contribution is -2.28. The van der Waals surface area contributed by atoms with Crippen molar-refractivity contribution < 1.29 is 17.6 Å². The summed E-state index contributed by atoms with van der Waals surface area (Å²) in [5.41, 5.74) is 0. The molecular formula is C14H26N2O4S. The van der Waals surface area contributed by atoms with Gasteiger partial charge in [0.2, 0.25) is 5.09 Å². The van der Waals surface area contributed by atoms with Gasteiger partial charge >= 0.3 is 0 Å². The molecule has 0 aliphatic carbocycles. The maximum Gasteiger partial charge on any atom is 0.273 e. The lowest BCUT2D eigenvalue weighted by Gasteiger charge is -2.12. The SMILES string of the molecule is CCC(CC)CNS(=O)(=O)c1ccc(CNCCOC)o1. The molecule has 0 saturated heterocycles. The van der Waals surface area contributed by atoms with Gasteiger partial charge in [0.1, 0.15) is 5.76 Å². The second-order valence-electron chi connectivity index (χ2n) is 4.92. The molecule has 7 heteroatoms. The molecule has 0 spiro atoms. The highest BCUT2D eigenvalue weighted by atomic mass is 32.2. The van der Waals surface area contributed by atoms with Crippen molar-refractivity contribution in [1.82, 2.24) is 10.0 Å². The van der Waals surface area contributed by atoms with Crippen LogP contribution in [0.15, 0.2) is 21.6 Å². The first-order valence-corrected chi connectivity index (χ1v) is 8.79. The van der Waals surface area contributed by atoms with Gasteiger partial charge < -0.3 is 14.5 Å². The Morgan fingerprint density at radius 2 is 2.00 bits per heavy atom. The van der Waals surface area contributed by atoms with E-state index in [0.29, 0.717) is 37.9 Å². The first kappa shape index (κ1) is 18.2. The largest absolute Gasteiger partial charge is 0.447 e.